The summed E-state index contributed by atoms with van der Waals surface area (Å²) in [6.07, 6.45) is -12.8. The van der Waals surface area contributed by atoms with E-state index in [2.05, 4.69) is 0 Å². The molecule has 0 spiro atoms. The summed E-state index contributed by atoms with van der Waals surface area (Å²) in [5, 5.41) is 58.0. The molecule has 2 saturated heterocycles. The number of hydrogen-bond acceptors (Lipinski definition) is 9. The third-order valence-corrected chi connectivity index (χ3v) is 3.90. The molecule has 2 aliphatic heterocycles. The molecular weight excluding hydrogens is 288 g/mol. The lowest BCUT2D eigenvalue weighted by molar-refractivity contribution is -0.348. The zero-order chi connectivity index (χ0) is 15.9. The van der Waals surface area contributed by atoms with Crippen molar-refractivity contribution in [3.63, 3.8) is 0 Å². The van der Waals surface area contributed by atoms with Crippen LogP contribution in [0.1, 0.15) is 13.8 Å². The quantitative estimate of drug-likeness (QED) is 0.308. The minimum Gasteiger partial charge on any atom is -0.388 e. The molecule has 2 heterocycles. The molecule has 0 aromatic heterocycles. The monoisotopic (exact) mass is 310 g/mol. The van der Waals surface area contributed by atoms with Crippen molar-refractivity contribution >= 4 is 0 Å². The number of aliphatic hydroxyl groups excluding tert-OH is 6. The Hall–Kier alpha value is -0.360. The molecule has 6 unspecified atom stereocenters. The summed E-state index contributed by atoms with van der Waals surface area (Å²) in [4.78, 5) is 0. The average molecular weight is 310 g/mol. The molecule has 0 aliphatic carbocycles. The summed E-state index contributed by atoms with van der Waals surface area (Å²) in [7, 11) is 0. The van der Waals surface area contributed by atoms with E-state index in [0.29, 0.717) is 0 Å². The molecule has 6 N–H and O–H groups in total. The Balaban J connectivity index is 2.06. The summed E-state index contributed by atoms with van der Waals surface area (Å²) < 4.78 is 15.6. The Morgan fingerprint density at radius 2 is 1.29 bits per heavy atom. The summed E-state index contributed by atoms with van der Waals surface area (Å²) >= 11 is 0. The minimum atomic E-state index is -1.57. The maximum atomic E-state index is 9.91. The Bertz CT molecular complexity index is 354. The van der Waals surface area contributed by atoms with Crippen LogP contribution < -0.4 is 0 Å². The first-order valence-corrected chi connectivity index (χ1v) is 6.78. The average Bonchev–Trinajstić information content (AvgIpc) is 2.44. The molecule has 0 aromatic rings. The van der Waals surface area contributed by atoms with Gasteiger partial charge < -0.3 is 44.8 Å². The summed E-state index contributed by atoms with van der Waals surface area (Å²) in [6.45, 7) is 3.00. The van der Waals surface area contributed by atoms with Crippen LogP contribution in [-0.2, 0) is 14.2 Å². The van der Waals surface area contributed by atoms with Crippen LogP contribution in [-0.4, -0.2) is 92.1 Å². The maximum Gasteiger partial charge on any atom is 0.187 e. The topological polar surface area (TPSA) is 149 Å². The first-order valence-electron chi connectivity index (χ1n) is 6.78. The fourth-order valence-corrected chi connectivity index (χ4v) is 2.49. The molecule has 0 aromatic carbocycles. The van der Waals surface area contributed by atoms with Crippen LogP contribution >= 0.6 is 0 Å². The Morgan fingerprint density at radius 1 is 0.667 bits per heavy atom. The molecule has 2 fully saturated rings. The van der Waals surface area contributed by atoms with Crippen molar-refractivity contribution < 1.29 is 44.8 Å². The highest BCUT2D eigenvalue weighted by molar-refractivity contribution is 4.91. The van der Waals surface area contributed by atoms with Gasteiger partial charge in [0.2, 0.25) is 0 Å². The molecule has 10 atom stereocenters. The van der Waals surface area contributed by atoms with E-state index in [1.54, 1.807) is 0 Å². The van der Waals surface area contributed by atoms with Gasteiger partial charge in [0, 0.05) is 0 Å². The van der Waals surface area contributed by atoms with Gasteiger partial charge in [-0.15, -0.1) is 0 Å². The summed E-state index contributed by atoms with van der Waals surface area (Å²) in [5.41, 5.74) is 0. The first-order chi connectivity index (χ1) is 9.73. The van der Waals surface area contributed by atoms with Gasteiger partial charge in [-0.25, -0.2) is 0 Å². The fraction of sp³-hybridized carbons (Fsp3) is 1.00. The van der Waals surface area contributed by atoms with Crippen LogP contribution in [0, 0.1) is 0 Å². The molecule has 124 valence electrons. The number of ether oxygens (including phenoxy) is 3. The molecule has 0 radical (unpaired) electrons. The minimum absolute atomic E-state index is 0.784. The van der Waals surface area contributed by atoms with Crippen LogP contribution in [0.3, 0.4) is 0 Å². The number of hydrogen-bond donors (Lipinski definition) is 6. The van der Waals surface area contributed by atoms with E-state index in [0.717, 1.165) is 0 Å². The number of rotatable bonds is 2. The Labute approximate surface area is 121 Å². The maximum absolute atomic E-state index is 9.91. The van der Waals surface area contributed by atoms with Crippen molar-refractivity contribution in [3.05, 3.63) is 0 Å². The molecular formula is C12H22O9. The largest absolute Gasteiger partial charge is 0.388 e. The van der Waals surface area contributed by atoms with Crippen LogP contribution in [0.2, 0.25) is 0 Å². The lowest BCUT2D eigenvalue weighted by Crippen LogP contribution is -2.62. The van der Waals surface area contributed by atoms with E-state index in [-0.39, 0.29) is 0 Å². The van der Waals surface area contributed by atoms with Crippen LogP contribution in [0.4, 0.5) is 0 Å². The standard InChI is InChI=1S/C12H22O9/c1-3-5(13)6(14)9(17)12(20-3)21-10-4(2)19-11(18)8(16)7(10)15/h3-18H,1-2H3/t3?,4?,5-,6?,7?,8?,9?,10+,11+,12-/m0/s1. The van der Waals surface area contributed by atoms with Gasteiger partial charge in [-0.05, 0) is 13.8 Å². The van der Waals surface area contributed by atoms with E-state index < -0.39 is 61.4 Å². The SMILES string of the molecule is CC1O[C@@H](O[C@@H]2C(C)O[C@@H](O)C(O)C2O)C(O)C(O)[C@H]1O. The molecule has 2 rings (SSSR count). The predicted octanol–water partition coefficient (Wildman–Crippen LogP) is -3.34. The van der Waals surface area contributed by atoms with Crippen molar-refractivity contribution in [2.24, 2.45) is 0 Å². The van der Waals surface area contributed by atoms with Crippen LogP contribution in [0.15, 0.2) is 0 Å². The lowest BCUT2D eigenvalue weighted by atomic mass is 9.98. The predicted molar refractivity (Wildman–Crippen MR) is 65.8 cm³/mol. The second-order valence-corrected chi connectivity index (χ2v) is 5.50. The van der Waals surface area contributed by atoms with Gasteiger partial charge in [-0.1, -0.05) is 0 Å². The van der Waals surface area contributed by atoms with Gasteiger partial charge in [0.05, 0.1) is 12.2 Å². The highest BCUT2D eigenvalue weighted by Gasteiger charge is 2.48. The van der Waals surface area contributed by atoms with Crippen molar-refractivity contribution in [1.82, 2.24) is 0 Å². The van der Waals surface area contributed by atoms with Crippen molar-refractivity contribution in [2.45, 2.75) is 75.3 Å². The van der Waals surface area contributed by atoms with Gasteiger partial charge in [-0.2, -0.15) is 0 Å². The van der Waals surface area contributed by atoms with Crippen molar-refractivity contribution in [1.29, 1.82) is 0 Å². The van der Waals surface area contributed by atoms with Gasteiger partial charge in [0.25, 0.3) is 0 Å². The normalized spacial score (nSPS) is 55.4. The zero-order valence-corrected chi connectivity index (χ0v) is 11.7. The van der Waals surface area contributed by atoms with E-state index in [9.17, 15) is 30.6 Å². The van der Waals surface area contributed by atoms with E-state index >= 15 is 0 Å². The van der Waals surface area contributed by atoms with Crippen molar-refractivity contribution in [2.75, 3.05) is 0 Å². The molecule has 9 heteroatoms. The highest BCUT2D eigenvalue weighted by atomic mass is 16.7. The fourth-order valence-electron chi connectivity index (χ4n) is 2.49. The Morgan fingerprint density at radius 3 is 1.90 bits per heavy atom. The molecule has 2 aliphatic rings. The molecule has 0 saturated carbocycles. The summed E-state index contributed by atoms with van der Waals surface area (Å²) in [6, 6.07) is 0. The van der Waals surface area contributed by atoms with Gasteiger partial charge in [0.1, 0.15) is 36.6 Å². The van der Waals surface area contributed by atoms with Crippen molar-refractivity contribution in [3.8, 4) is 0 Å². The van der Waals surface area contributed by atoms with Gasteiger partial charge in [-0.3, -0.25) is 0 Å². The molecule has 0 bridgehead atoms. The highest BCUT2D eigenvalue weighted by Crippen LogP contribution is 2.28. The molecule has 21 heavy (non-hydrogen) atoms. The van der Waals surface area contributed by atoms with Crippen LogP contribution in [0.25, 0.3) is 0 Å². The van der Waals surface area contributed by atoms with Gasteiger partial charge >= 0.3 is 0 Å². The molecule has 0 amide bonds. The Kier molecular flexibility index (Phi) is 5.19. The first kappa shape index (κ1) is 17.0. The second kappa shape index (κ2) is 6.41. The zero-order valence-electron chi connectivity index (χ0n) is 11.7. The lowest BCUT2D eigenvalue weighted by Gasteiger charge is -2.44. The second-order valence-electron chi connectivity index (χ2n) is 5.50. The van der Waals surface area contributed by atoms with E-state index in [1.807, 2.05) is 0 Å². The third-order valence-electron chi connectivity index (χ3n) is 3.90. The van der Waals surface area contributed by atoms with E-state index in [1.165, 1.54) is 13.8 Å². The van der Waals surface area contributed by atoms with Gasteiger partial charge in [0.15, 0.2) is 12.6 Å². The van der Waals surface area contributed by atoms with Crippen LogP contribution in [0.5, 0.6) is 0 Å². The number of aliphatic hydroxyl groups is 6. The molecule has 9 nitrogen and oxygen atoms in total. The smallest absolute Gasteiger partial charge is 0.187 e. The van der Waals surface area contributed by atoms with E-state index in [4.69, 9.17) is 14.2 Å². The third kappa shape index (κ3) is 3.21. The summed E-state index contributed by atoms with van der Waals surface area (Å²) in [5.74, 6) is 0.